The fourth-order valence-electron chi connectivity index (χ4n) is 1.71. The van der Waals surface area contributed by atoms with Gasteiger partial charge < -0.3 is 10.6 Å². The van der Waals surface area contributed by atoms with E-state index in [9.17, 15) is 4.79 Å². The van der Waals surface area contributed by atoms with Crippen molar-refractivity contribution in [3.8, 4) is 0 Å². The lowest BCUT2D eigenvalue weighted by Gasteiger charge is -2.28. The van der Waals surface area contributed by atoms with E-state index in [1.54, 1.807) is 11.9 Å². The van der Waals surface area contributed by atoms with Crippen LogP contribution in [0.2, 0.25) is 0 Å². The summed E-state index contributed by atoms with van der Waals surface area (Å²) in [7, 11) is 1.81. The van der Waals surface area contributed by atoms with E-state index in [-0.39, 0.29) is 17.4 Å². The van der Waals surface area contributed by atoms with Crippen LogP contribution in [-0.4, -0.2) is 19.0 Å². The second kappa shape index (κ2) is 5.53. The molecule has 0 heterocycles. The third-order valence-electron chi connectivity index (χ3n) is 3.36. The summed E-state index contributed by atoms with van der Waals surface area (Å²) in [6.07, 6.45) is 0.369. The molecular formula is C15H24N2O. The molecule has 0 aliphatic carbocycles. The van der Waals surface area contributed by atoms with E-state index >= 15 is 0 Å². The smallest absolute Gasteiger partial charge is 0.228 e. The molecule has 0 bridgehead atoms. The number of amides is 1. The number of nitrogens with two attached hydrogens (primary N) is 1. The molecule has 0 aliphatic rings. The molecule has 1 atom stereocenters. The summed E-state index contributed by atoms with van der Waals surface area (Å²) < 4.78 is 0. The zero-order valence-corrected chi connectivity index (χ0v) is 12.0. The van der Waals surface area contributed by atoms with E-state index in [1.165, 1.54) is 0 Å². The number of anilines is 1. The van der Waals surface area contributed by atoms with E-state index in [2.05, 4.69) is 20.8 Å². The first-order chi connectivity index (χ1) is 8.23. The van der Waals surface area contributed by atoms with Gasteiger partial charge in [-0.15, -0.1) is 0 Å². The Balaban J connectivity index is 2.77. The van der Waals surface area contributed by atoms with Gasteiger partial charge in [0.15, 0.2) is 0 Å². The van der Waals surface area contributed by atoms with Crippen LogP contribution in [0.15, 0.2) is 24.3 Å². The van der Waals surface area contributed by atoms with Crippen molar-refractivity contribution < 1.29 is 4.79 Å². The molecule has 1 aromatic carbocycles. The molecule has 3 nitrogen and oxygen atoms in total. The van der Waals surface area contributed by atoms with Gasteiger partial charge in [0.25, 0.3) is 0 Å². The Morgan fingerprint density at radius 2 is 1.89 bits per heavy atom. The Morgan fingerprint density at radius 3 is 2.39 bits per heavy atom. The zero-order valence-electron chi connectivity index (χ0n) is 12.0. The number of hydrogen-bond donors (Lipinski definition) is 1. The van der Waals surface area contributed by atoms with E-state index < -0.39 is 0 Å². The van der Waals surface area contributed by atoms with Crippen LogP contribution < -0.4 is 10.6 Å². The molecule has 100 valence electrons. The number of para-hydroxylation sites is 1. The number of aryl methyl sites for hydroxylation is 1. The molecule has 0 saturated carbocycles. The van der Waals surface area contributed by atoms with Gasteiger partial charge in [0.05, 0.1) is 0 Å². The summed E-state index contributed by atoms with van der Waals surface area (Å²) in [6.45, 7) is 8.17. The first-order valence-corrected chi connectivity index (χ1v) is 6.31. The number of carbonyl (C=O) groups is 1. The monoisotopic (exact) mass is 248 g/mol. The van der Waals surface area contributed by atoms with Gasteiger partial charge in [0, 0.05) is 25.2 Å². The number of nitrogens with zero attached hydrogens (tertiary/aromatic N) is 1. The number of hydrogen-bond acceptors (Lipinski definition) is 2. The summed E-state index contributed by atoms with van der Waals surface area (Å²) in [5.74, 6) is 0.0618. The number of benzene rings is 1. The SMILES string of the molecule is Cc1ccccc1N(C)C(=O)CC(N)C(C)(C)C. The van der Waals surface area contributed by atoms with Gasteiger partial charge in [-0.05, 0) is 24.0 Å². The number of rotatable bonds is 3. The van der Waals surface area contributed by atoms with Crippen molar-refractivity contribution in [3.05, 3.63) is 29.8 Å². The maximum absolute atomic E-state index is 12.2. The van der Waals surface area contributed by atoms with Crippen molar-refractivity contribution in [1.29, 1.82) is 0 Å². The fourth-order valence-corrected chi connectivity index (χ4v) is 1.71. The van der Waals surface area contributed by atoms with Crippen LogP contribution in [-0.2, 0) is 4.79 Å². The average Bonchev–Trinajstić information content (AvgIpc) is 2.27. The molecule has 0 radical (unpaired) electrons. The van der Waals surface area contributed by atoms with Crippen LogP contribution >= 0.6 is 0 Å². The van der Waals surface area contributed by atoms with Crippen molar-refractivity contribution in [3.63, 3.8) is 0 Å². The molecule has 1 aromatic rings. The zero-order chi connectivity index (χ0) is 13.9. The molecule has 1 rings (SSSR count). The maximum atomic E-state index is 12.2. The molecular weight excluding hydrogens is 224 g/mol. The van der Waals surface area contributed by atoms with E-state index in [0.29, 0.717) is 6.42 Å². The third kappa shape index (κ3) is 3.57. The van der Waals surface area contributed by atoms with Crippen LogP contribution in [0.3, 0.4) is 0 Å². The van der Waals surface area contributed by atoms with Crippen LogP contribution in [0.1, 0.15) is 32.8 Å². The highest BCUT2D eigenvalue weighted by atomic mass is 16.2. The van der Waals surface area contributed by atoms with Crippen molar-refractivity contribution in [2.45, 2.75) is 40.2 Å². The Bertz CT molecular complexity index is 421. The molecule has 18 heavy (non-hydrogen) atoms. The molecule has 0 spiro atoms. The van der Waals surface area contributed by atoms with Gasteiger partial charge in [0.1, 0.15) is 0 Å². The van der Waals surface area contributed by atoms with Crippen molar-refractivity contribution in [2.75, 3.05) is 11.9 Å². The van der Waals surface area contributed by atoms with Crippen LogP contribution in [0.4, 0.5) is 5.69 Å². The topological polar surface area (TPSA) is 46.3 Å². The lowest BCUT2D eigenvalue weighted by molar-refractivity contribution is -0.119. The van der Waals surface area contributed by atoms with Gasteiger partial charge in [-0.1, -0.05) is 39.0 Å². The van der Waals surface area contributed by atoms with Crippen molar-refractivity contribution in [1.82, 2.24) is 0 Å². The minimum Gasteiger partial charge on any atom is -0.327 e. The molecule has 1 amide bonds. The van der Waals surface area contributed by atoms with Crippen molar-refractivity contribution in [2.24, 2.45) is 11.1 Å². The van der Waals surface area contributed by atoms with Gasteiger partial charge in [-0.25, -0.2) is 0 Å². The Kier molecular flexibility index (Phi) is 4.52. The van der Waals surface area contributed by atoms with E-state index in [0.717, 1.165) is 11.3 Å². The van der Waals surface area contributed by atoms with Crippen molar-refractivity contribution >= 4 is 11.6 Å². The van der Waals surface area contributed by atoms with Gasteiger partial charge in [-0.3, -0.25) is 4.79 Å². The summed E-state index contributed by atoms with van der Waals surface area (Å²) in [5.41, 5.74) is 8.05. The maximum Gasteiger partial charge on any atom is 0.228 e. The molecule has 0 aliphatic heterocycles. The van der Waals surface area contributed by atoms with Gasteiger partial charge in [0.2, 0.25) is 5.91 Å². The quantitative estimate of drug-likeness (QED) is 0.894. The lowest BCUT2D eigenvalue weighted by atomic mass is 9.85. The van der Waals surface area contributed by atoms with Gasteiger partial charge in [-0.2, -0.15) is 0 Å². The fraction of sp³-hybridized carbons (Fsp3) is 0.533. The highest BCUT2D eigenvalue weighted by molar-refractivity contribution is 5.93. The second-order valence-corrected chi connectivity index (χ2v) is 5.92. The minimum absolute atomic E-state index is 0.0533. The molecule has 0 aromatic heterocycles. The molecule has 0 fully saturated rings. The molecule has 0 saturated heterocycles. The predicted molar refractivity (Wildman–Crippen MR) is 76.6 cm³/mol. The normalized spacial score (nSPS) is 13.2. The Labute approximate surface area is 110 Å². The van der Waals surface area contributed by atoms with E-state index in [4.69, 9.17) is 5.73 Å². The van der Waals surface area contributed by atoms with Crippen LogP contribution in [0, 0.1) is 12.3 Å². The van der Waals surface area contributed by atoms with E-state index in [1.807, 2.05) is 31.2 Å². The predicted octanol–water partition coefficient (Wildman–Crippen LogP) is 2.72. The summed E-state index contributed by atoms with van der Waals surface area (Å²) >= 11 is 0. The minimum atomic E-state index is -0.128. The number of carbonyl (C=O) groups excluding carboxylic acids is 1. The average molecular weight is 248 g/mol. The standard InChI is InChI=1S/C15H24N2O/c1-11-8-6-7-9-12(11)17(5)14(18)10-13(16)15(2,3)4/h6-9,13H,10,16H2,1-5H3. The highest BCUT2D eigenvalue weighted by Crippen LogP contribution is 2.23. The lowest BCUT2D eigenvalue weighted by Crippen LogP contribution is -2.40. The first-order valence-electron chi connectivity index (χ1n) is 6.31. The Morgan fingerprint density at radius 1 is 1.33 bits per heavy atom. The first kappa shape index (κ1) is 14.7. The third-order valence-corrected chi connectivity index (χ3v) is 3.36. The molecule has 2 N–H and O–H groups in total. The largest absolute Gasteiger partial charge is 0.327 e. The molecule has 1 unspecified atom stereocenters. The highest BCUT2D eigenvalue weighted by Gasteiger charge is 2.25. The molecule has 3 heteroatoms. The van der Waals surface area contributed by atoms with Crippen LogP contribution in [0.25, 0.3) is 0 Å². The Hall–Kier alpha value is -1.35. The summed E-state index contributed by atoms with van der Waals surface area (Å²) in [6, 6.07) is 7.74. The van der Waals surface area contributed by atoms with Crippen LogP contribution in [0.5, 0.6) is 0 Å². The van der Waals surface area contributed by atoms with Gasteiger partial charge >= 0.3 is 0 Å². The second-order valence-electron chi connectivity index (χ2n) is 5.92. The summed E-state index contributed by atoms with van der Waals surface area (Å²) in [5, 5.41) is 0. The summed E-state index contributed by atoms with van der Waals surface area (Å²) in [4.78, 5) is 13.9.